The summed E-state index contributed by atoms with van der Waals surface area (Å²) < 4.78 is 10.6. The molecule has 0 aromatic heterocycles. The molecule has 0 radical (unpaired) electrons. The Morgan fingerprint density at radius 2 is 1.92 bits per heavy atom. The number of rotatable bonds is 12. The van der Waals surface area contributed by atoms with Gasteiger partial charge in [0.1, 0.15) is 18.5 Å². The van der Waals surface area contributed by atoms with Crippen LogP contribution in [0.1, 0.15) is 45.0 Å². The lowest BCUT2D eigenvalue weighted by molar-refractivity contribution is 0.0525. The van der Waals surface area contributed by atoms with Gasteiger partial charge >= 0.3 is 5.97 Å². The first-order valence-corrected chi connectivity index (χ1v) is 9.39. The normalized spacial score (nSPS) is 12.7. The summed E-state index contributed by atoms with van der Waals surface area (Å²) in [6.07, 6.45) is -0.618. The molecule has 0 amide bonds. The van der Waals surface area contributed by atoms with Gasteiger partial charge in [-0.25, -0.2) is 4.79 Å². The number of esters is 1. The van der Waals surface area contributed by atoms with E-state index >= 15 is 0 Å². The first-order valence-electron chi connectivity index (χ1n) is 9.39. The largest absolute Gasteiger partial charge is 0.491 e. The average molecular weight is 367 g/mol. The summed E-state index contributed by atoms with van der Waals surface area (Å²) in [5.74, 6) is 0.167. The van der Waals surface area contributed by atoms with Gasteiger partial charge in [0, 0.05) is 31.7 Å². The lowest BCUT2D eigenvalue weighted by Crippen LogP contribution is -2.43. The van der Waals surface area contributed by atoms with Crippen LogP contribution in [0.25, 0.3) is 0 Å². The second-order valence-electron chi connectivity index (χ2n) is 6.84. The summed E-state index contributed by atoms with van der Waals surface area (Å²) in [5.41, 5.74) is 0.444. The molecular weight excluding hydrogens is 332 g/mol. The lowest BCUT2D eigenvalue weighted by atomic mass is 10.2. The van der Waals surface area contributed by atoms with Crippen LogP contribution in [-0.2, 0) is 4.74 Å². The third-order valence-corrected chi connectivity index (χ3v) is 4.04. The van der Waals surface area contributed by atoms with Gasteiger partial charge in [0.05, 0.1) is 12.2 Å². The zero-order valence-corrected chi connectivity index (χ0v) is 16.7. The predicted octanol–water partition coefficient (Wildman–Crippen LogP) is 2.31. The number of nitrogens with zero attached hydrogens (tertiary/aromatic N) is 1. The van der Waals surface area contributed by atoms with Gasteiger partial charge in [-0.2, -0.15) is 0 Å². The van der Waals surface area contributed by atoms with E-state index in [1.165, 1.54) is 0 Å². The van der Waals surface area contributed by atoms with Gasteiger partial charge in [0.2, 0.25) is 0 Å². The van der Waals surface area contributed by atoms with Gasteiger partial charge < -0.3 is 19.9 Å². The van der Waals surface area contributed by atoms with Crippen molar-refractivity contribution in [1.82, 2.24) is 10.2 Å². The maximum absolute atomic E-state index is 11.7. The Morgan fingerprint density at radius 1 is 1.23 bits per heavy atom. The molecule has 0 unspecified atom stereocenters. The van der Waals surface area contributed by atoms with Gasteiger partial charge in [0.15, 0.2) is 0 Å². The molecular formula is C20H34N2O4. The fraction of sp³-hybridized carbons (Fsp3) is 0.650. The molecule has 6 nitrogen and oxygen atoms in total. The Morgan fingerprint density at radius 3 is 2.54 bits per heavy atom. The van der Waals surface area contributed by atoms with Gasteiger partial charge in [-0.3, -0.25) is 4.90 Å². The van der Waals surface area contributed by atoms with Crippen molar-refractivity contribution in [2.75, 3.05) is 32.8 Å². The van der Waals surface area contributed by atoms with E-state index in [1.54, 1.807) is 31.2 Å². The molecule has 1 aromatic rings. The highest BCUT2D eigenvalue weighted by Crippen LogP contribution is 2.14. The van der Waals surface area contributed by atoms with Crippen molar-refractivity contribution in [2.45, 2.75) is 52.8 Å². The molecule has 0 saturated carbocycles. The second-order valence-corrected chi connectivity index (χ2v) is 6.84. The van der Waals surface area contributed by atoms with Crippen molar-refractivity contribution in [3.63, 3.8) is 0 Å². The average Bonchev–Trinajstić information content (AvgIpc) is 2.59. The number of hydrogen-bond donors (Lipinski definition) is 2. The number of aliphatic hydroxyl groups is 1. The second kappa shape index (κ2) is 11.9. The monoisotopic (exact) mass is 366 g/mol. The van der Waals surface area contributed by atoms with Crippen LogP contribution < -0.4 is 10.1 Å². The third-order valence-electron chi connectivity index (χ3n) is 4.04. The van der Waals surface area contributed by atoms with Crippen LogP contribution in [0.2, 0.25) is 0 Å². The topological polar surface area (TPSA) is 71.0 Å². The predicted molar refractivity (Wildman–Crippen MR) is 104 cm³/mol. The van der Waals surface area contributed by atoms with E-state index in [-0.39, 0.29) is 12.6 Å². The summed E-state index contributed by atoms with van der Waals surface area (Å²) >= 11 is 0. The van der Waals surface area contributed by atoms with Gasteiger partial charge in [-0.1, -0.05) is 6.07 Å². The van der Waals surface area contributed by atoms with E-state index in [0.29, 0.717) is 36.5 Å². The molecule has 1 aromatic carbocycles. The molecule has 148 valence electrons. The maximum atomic E-state index is 11.7. The van der Waals surface area contributed by atoms with E-state index < -0.39 is 6.10 Å². The van der Waals surface area contributed by atoms with E-state index in [2.05, 4.69) is 37.9 Å². The molecule has 0 aliphatic heterocycles. The third kappa shape index (κ3) is 8.17. The van der Waals surface area contributed by atoms with Crippen molar-refractivity contribution < 1.29 is 19.4 Å². The molecule has 1 atom stereocenters. The quantitative estimate of drug-likeness (QED) is 0.437. The van der Waals surface area contributed by atoms with Crippen LogP contribution in [0.4, 0.5) is 0 Å². The maximum Gasteiger partial charge on any atom is 0.338 e. The molecule has 0 spiro atoms. The summed E-state index contributed by atoms with van der Waals surface area (Å²) in [7, 11) is 0. The minimum Gasteiger partial charge on any atom is -0.491 e. The van der Waals surface area contributed by atoms with Gasteiger partial charge in [-0.15, -0.1) is 0 Å². The minimum atomic E-state index is -0.618. The van der Waals surface area contributed by atoms with Crippen LogP contribution in [-0.4, -0.2) is 67.0 Å². The van der Waals surface area contributed by atoms with Crippen LogP contribution in [0, 0.1) is 0 Å². The molecule has 0 heterocycles. The number of aliphatic hydroxyl groups excluding tert-OH is 1. The van der Waals surface area contributed by atoms with Crippen LogP contribution >= 0.6 is 0 Å². The highest BCUT2D eigenvalue weighted by Gasteiger charge is 2.13. The number of benzene rings is 1. The number of carbonyl (C=O) groups excluding carboxylic acids is 1. The van der Waals surface area contributed by atoms with Crippen molar-refractivity contribution in [1.29, 1.82) is 0 Å². The SMILES string of the molecule is CCOC(=O)c1cccc(OC[C@H](O)CNCCN(C(C)C)C(C)C)c1. The zero-order valence-electron chi connectivity index (χ0n) is 16.7. The molecule has 26 heavy (non-hydrogen) atoms. The summed E-state index contributed by atoms with van der Waals surface area (Å²) in [4.78, 5) is 14.1. The van der Waals surface area contributed by atoms with E-state index in [4.69, 9.17) is 9.47 Å². The molecule has 0 aliphatic rings. The highest BCUT2D eigenvalue weighted by molar-refractivity contribution is 5.89. The van der Waals surface area contributed by atoms with Crippen molar-refractivity contribution in [2.24, 2.45) is 0 Å². The van der Waals surface area contributed by atoms with Crippen LogP contribution in [0.3, 0.4) is 0 Å². The first-order chi connectivity index (χ1) is 12.3. The smallest absolute Gasteiger partial charge is 0.338 e. The molecule has 6 heteroatoms. The zero-order chi connectivity index (χ0) is 19.5. The number of hydrogen-bond acceptors (Lipinski definition) is 6. The highest BCUT2D eigenvalue weighted by atomic mass is 16.5. The summed E-state index contributed by atoms with van der Waals surface area (Å²) in [5, 5.41) is 13.3. The fourth-order valence-electron chi connectivity index (χ4n) is 2.77. The minimum absolute atomic E-state index is 0.164. The van der Waals surface area contributed by atoms with Crippen molar-refractivity contribution >= 4 is 5.97 Å². The Balaban J connectivity index is 2.33. The standard InChI is InChI=1S/C20H34N2O4/c1-6-25-20(24)17-8-7-9-19(12-17)26-14-18(23)13-21-10-11-22(15(2)3)16(4)5/h7-9,12,15-16,18,21,23H,6,10-11,13-14H2,1-5H3/t18-/m1/s1. The number of carbonyl (C=O) groups is 1. The van der Waals surface area contributed by atoms with E-state index in [0.717, 1.165) is 13.1 Å². The molecule has 0 bridgehead atoms. The Kier molecular flexibility index (Phi) is 10.2. The Hall–Kier alpha value is -1.63. The van der Waals surface area contributed by atoms with Gasteiger partial charge in [-0.05, 0) is 52.8 Å². The van der Waals surface area contributed by atoms with Crippen LogP contribution in [0.5, 0.6) is 5.75 Å². The summed E-state index contributed by atoms with van der Waals surface area (Å²) in [6, 6.07) is 7.79. The molecule has 0 saturated heterocycles. The molecule has 1 rings (SSSR count). The molecule has 0 fully saturated rings. The Bertz CT molecular complexity index is 526. The van der Waals surface area contributed by atoms with Crippen molar-refractivity contribution in [3.8, 4) is 5.75 Å². The van der Waals surface area contributed by atoms with Crippen molar-refractivity contribution in [3.05, 3.63) is 29.8 Å². The van der Waals surface area contributed by atoms with E-state index in [9.17, 15) is 9.90 Å². The summed E-state index contributed by atoms with van der Waals surface area (Å²) in [6.45, 7) is 13.2. The first kappa shape index (κ1) is 22.4. The van der Waals surface area contributed by atoms with Crippen LogP contribution in [0.15, 0.2) is 24.3 Å². The number of ether oxygens (including phenoxy) is 2. The Labute approximate surface area is 157 Å². The fourth-order valence-corrected chi connectivity index (χ4v) is 2.77. The molecule has 2 N–H and O–H groups in total. The van der Waals surface area contributed by atoms with Gasteiger partial charge in [0.25, 0.3) is 0 Å². The lowest BCUT2D eigenvalue weighted by Gasteiger charge is -2.30. The number of nitrogens with one attached hydrogen (secondary N) is 1. The molecule has 0 aliphatic carbocycles. The van der Waals surface area contributed by atoms with E-state index in [1.807, 2.05) is 0 Å².